The summed E-state index contributed by atoms with van der Waals surface area (Å²) < 4.78 is 5.86. The lowest BCUT2D eigenvalue weighted by molar-refractivity contribution is -0.0591. The molecule has 0 amide bonds. The number of hydrogen-bond acceptors (Lipinski definition) is 5. The molecule has 0 radical (unpaired) electrons. The van der Waals surface area contributed by atoms with E-state index in [4.69, 9.17) is 10.5 Å². The van der Waals surface area contributed by atoms with Crippen LogP contribution in [0.2, 0.25) is 0 Å². The summed E-state index contributed by atoms with van der Waals surface area (Å²) in [6.07, 6.45) is 4.77. The van der Waals surface area contributed by atoms with Crippen molar-refractivity contribution in [2.24, 2.45) is 5.73 Å². The Balaban J connectivity index is 1.90. The van der Waals surface area contributed by atoms with Gasteiger partial charge in [0.05, 0.1) is 6.10 Å². The molecule has 2 unspecified atom stereocenters. The smallest absolute Gasteiger partial charge is 0.0593 e. The van der Waals surface area contributed by atoms with Gasteiger partial charge in [0.25, 0.3) is 0 Å². The van der Waals surface area contributed by atoms with Crippen molar-refractivity contribution in [2.75, 3.05) is 46.4 Å². The third kappa shape index (κ3) is 4.13. The van der Waals surface area contributed by atoms with Crippen molar-refractivity contribution in [3.8, 4) is 0 Å². The molecule has 0 spiro atoms. The standard InChI is InChI=1S/C14H30N4O/c1-3-4-13-11-14(12-15,5-10-19-13)16-18-8-6-17(2)7-9-18/h13,16H,3-12,15H2,1-2H3. The summed E-state index contributed by atoms with van der Waals surface area (Å²) in [5, 5.41) is 2.36. The van der Waals surface area contributed by atoms with E-state index in [9.17, 15) is 0 Å². The van der Waals surface area contributed by atoms with Crippen LogP contribution in [0.3, 0.4) is 0 Å². The molecule has 0 bridgehead atoms. The summed E-state index contributed by atoms with van der Waals surface area (Å²) in [6.45, 7) is 8.17. The van der Waals surface area contributed by atoms with Crippen molar-refractivity contribution < 1.29 is 4.74 Å². The van der Waals surface area contributed by atoms with E-state index in [1.165, 1.54) is 6.42 Å². The Bertz CT molecular complexity index is 266. The van der Waals surface area contributed by atoms with E-state index < -0.39 is 0 Å². The van der Waals surface area contributed by atoms with Crippen LogP contribution in [0, 0.1) is 0 Å². The Morgan fingerprint density at radius 2 is 2.05 bits per heavy atom. The van der Waals surface area contributed by atoms with Crippen LogP contribution in [0.25, 0.3) is 0 Å². The summed E-state index contributed by atoms with van der Waals surface area (Å²) in [6, 6.07) is 0. The molecule has 0 aromatic rings. The number of piperazine rings is 1. The van der Waals surface area contributed by atoms with Gasteiger partial charge in [0, 0.05) is 44.9 Å². The van der Waals surface area contributed by atoms with Crippen molar-refractivity contribution in [2.45, 2.75) is 44.2 Å². The minimum absolute atomic E-state index is 0.0496. The van der Waals surface area contributed by atoms with Crippen LogP contribution in [0.1, 0.15) is 32.6 Å². The first kappa shape index (κ1) is 15.2. The summed E-state index contributed by atoms with van der Waals surface area (Å²) in [4.78, 5) is 2.37. The molecule has 2 atom stereocenters. The van der Waals surface area contributed by atoms with Crippen LogP contribution in [-0.2, 0) is 4.74 Å². The lowest BCUT2D eigenvalue weighted by Gasteiger charge is -2.45. The third-order valence-corrected chi connectivity index (χ3v) is 4.45. The van der Waals surface area contributed by atoms with E-state index in [1.807, 2.05) is 0 Å². The maximum Gasteiger partial charge on any atom is 0.0593 e. The fourth-order valence-electron chi connectivity index (χ4n) is 3.11. The zero-order valence-corrected chi connectivity index (χ0v) is 12.5. The monoisotopic (exact) mass is 270 g/mol. The first-order valence-corrected chi connectivity index (χ1v) is 7.70. The highest BCUT2D eigenvalue weighted by atomic mass is 16.5. The minimum atomic E-state index is 0.0496. The van der Waals surface area contributed by atoms with Gasteiger partial charge in [0.2, 0.25) is 0 Å². The molecule has 2 fully saturated rings. The second-order valence-electron chi connectivity index (χ2n) is 6.12. The predicted octanol–water partition coefficient (Wildman–Crippen LogP) is 0.415. The molecule has 0 aromatic heterocycles. The molecule has 2 aliphatic rings. The zero-order chi connectivity index (χ0) is 13.7. The number of nitrogens with zero attached hydrogens (tertiary/aromatic N) is 2. The van der Waals surface area contributed by atoms with E-state index >= 15 is 0 Å². The highest BCUT2D eigenvalue weighted by Crippen LogP contribution is 2.27. The first-order valence-electron chi connectivity index (χ1n) is 7.70. The molecule has 5 nitrogen and oxygen atoms in total. The molecule has 112 valence electrons. The van der Waals surface area contributed by atoms with Crippen molar-refractivity contribution in [3.63, 3.8) is 0 Å². The Kier molecular flexibility index (Phi) is 5.59. The number of hydrogen-bond donors (Lipinski definition) is 2. The molecule has 0 aromatic carbocycles. The average Bonchev–Trinajstić information content (AvgIpc) is 2.42. The van der Waals surface area contributed by atoms with Crippen molar-refractivity contribution in [1.82, 2.24) is 15.3 Å². The molecule has 3 N–H and O–H groups in total. The second kappa shape index (κ2) is 6.99. The lowest BCUT2D eigenvalue weighted by Crippen LogP contribution is -2.64. The fraction of sp³-hybridized carbons (Fsp3) is 1.00. The van der Waals surface area contributed by atoms with Gasteiger partial charge < -0.3 is 15.4 Å². The number of nitrogens with one attached hydrogen (secondary N) is 1. The Hall–Kier alpha value is -0.200. The van der Waals surface area contributed by atoms with Crippen molar-refractivity contribution >= 4 is 0 Å². The van der Waals surface area contributed by atoms with Gasteiger partial charge in [-0.2, -0.15) is 0 Å². The maximum absolute atomic E-state index is 6.09. The molecule has 2 saturated heterocycles. The van der Waals surface area contributed by atoms with Gasteiger partial charge in [-0.1, -0.05) is 13.3 Å². The first-order chi connectivity index (χ1) is 9.17. The molecule has 0 aliphatic carbocycles. The van der Waals surface area contributed by atoms with Crippen LogP contribution in [-0.4, -0.2) is 67.9 Å². The number of ether oxygens (including phenoxy) is 1. The summed E-state index contributed by atoms with van der Waals surface area (Å²) in [5.74, 6) is 0. The summed E-state index contributed by atoms with van der Waals surface area (Å²) in [5.41, 5.74) is 9.87. The highest BCUT2D eigenvalue weighted by molar-refractivity contribution is 4.94. The van der Waals surface area contributed by atoms with Crippen LogP contribution >= 0.6 is 0 Å². The van der Waals surface area contributed by atoms with Crippen LogP contribution in [0.4, 0.5) is 0 Å². The summed E-state index contributed by atoms with van der Waals surface area (Å²) >= 11 is 0. The topological polar surface area (TPSA) is 53.8 Å². The number of hydrazine groups is 1. The van der Waals surface area contributed by atoms with E-state index in [-0.39, 0.29) is 5.54 Å². The SMILES string of the molecule is CCCC1CC(CN)(NN2CCN(C)CC2)CCO1. The molecular weight excluding hydrogens is 240 g/mol. The largest absolute Gasteiger partial charge is 0.378 e. The lowest BCUT2D eigenvalue weighted by atomic mass is 9.86. The average molecular weight is 270 g/mol. The van der Waals surface area contributed by atoms with Crippen LogP contribution < -0.4 is 11.2 Å². The van der Waals surface area contributed by atoms with E-state index in [0.29, 0.717) is 12.6 Å². The second-order valence-corrected chi connectivity index (χ2v) is 6.12. The van der Waals surface area contributed by atoms with E-state index in [2.05, 4.69) is 29.3 Å². The van der Waals surface area contributed by atoms with Gasteiger partial charge in [-0.15, -0.1) is 0 Å². The van der Waals surface area contributed by atoms with Crippen molar-refractivity contribution in [3.05, 3.63) is 0 Å². The van der Waals surface area contributed by atoms with Crippen LogP contribution in [0.5, 0.6) is 0 Å². The van der Waals surface area contributed by atoms with E-state index in [1.54, 1.807) is 0 Å². The fourth-order valence-corrected chi connectivity index (χ4v) is 3.11. The highest BCUT2D eigenvalue weighted by Gasteiger charge is 2.37. The normalized spacial score (nSPS) is 34.6. The Morgan fingerprint density at radius 3 is 2.68 bits per heavy atom. The number of nitrogens with two attached hydrogens (primary N) is 1. The van der Waals surface area contributed by atoms with Gasteiger partial charge in [0.15, 0.2) is 0 Å². The molecular formula is C14H30N4O. The van der Waals surface area contributed by atoms with Gasteiger partial charge in [-0.3, -0.25) is 0 Å². The van der Waals surface area contributed by atoms with E-state index in [0.717, 1.165) is 52.0 Å². The Morgan fingerprint density at radius 1 is 1.32 bits per heavy atom. The maximum atomic E-state index is 6.09. The molecule has 2 rings (SSSR count). The molecule has 2 aliphatic heterocycles. The van der Waals surface area contributed by atoms with Gasteiger partial charge in [-0.05, 0) is 26.3 Å². The number of rotatable bonds is 5. The van der Waals surface area contributed by atoms with Gasteiger partial charge in [-0.25, -0.2) is 10.4 Å². The van der Waals surface area contributed by atoms with Crippen molar-refractivity contribution in [1.29, 1.82) is 0 Å². The van der Waals surface area contributed by atoms with Crippen LogP contribution in [0.15, 0.2) is 0 Å². The predicted molar refractivity (Wildman–Crippen MR) is 77.9 cm³/mol. The molecule has 2 heterocycles. The third-order valence-electron chi connectivity index (χ3n) is 4.45. The molecule has 19 heavy (non-hydrogen) atoms. The van der Waals surface area contributed by atoms with Gasteiger partial charge >= 0.3 is 0 Å². The quantitative estimate of drug-likeness (QED) is 0.758. The Labute approximate surface area is 117 Å². The molecule has 5 heteroatoms. The summed E-state index contributed by atoms with van der Waals surface area (Å²) in [7, 11) is 2.18. The minimum Gasteiger partial charge on any atom is -0.378 e. The zero-order valence-electron chi connectivity index (χ0n) is 12.5. The number of likely N-dealkylation sites (N-methyl/N-ethyl adjacent to an activating group) is 1. The van der Waals surface area contributed by atoms with Gasteiger partial charge in [0.1, 0.15) is 0 Å². The molecule has 0 saturated carbocycles.